The minimum atomic E-state index is -0.963. The number of anilines is 1. The average molecular weight is 406 g/mol. The van der Waals surface area contributed by atoms with Gasteiger partial charge in [0.25, 0.3) is 5.91 Å². The quantitative estimate of drug-likeness (QED) is 0.545. The number of amides is 1. The number of hydrogen-bond acceptors (Lipinski definition) is 5. The molecule has 2 unspecified atom stereocenters. The molecular weight excluding hydrogens is 380 g/mol. The van der Waals surface area contributed by atoms with Gasteiger partial charge < -0.3 is 14.5 Å². The number of rotatable bonds is 6. The number of para-hydroxylation sites is 1. The Kier molecular flexibility index (Phi) is 5.95. The lowest BCUT2D eigenvalue weighted by atomic mass is 9.88. The fraction of sp³-hybridized carbons (Fsp3) is 0.375. The Labute approximate surface area is 176 Å². The van der Waals surface area contributed by atoms with Crippen LogP contribution in [0.5, 0.6) is 0 Å². The van der Waals surface area contributed by atoms with Crippen molar-refractivity contribution in [1.29, 1.82) is 0 Å². The fourth-order valence-electron chi connectivity index (χ4n) is 4.44. The molecule has 0 aromatic heterocycles. The standard InChI is InChI=1S/C24H26N2O4/c1-17(27)21-22(19-9-5-6-10-20(19)25-13-15-30-16-14-25)26(24(29)23(21)28)12-11-18-7-3-2-4-8-18/h2-10,21-22H,11-16H2,1H3. The molecule has 2 fully saturated rings. The molecule has 0 aliphatic carbocycles. The summed E-state index contributed by atoms with van der Waals surface area (Å²) in [4.78, 5) is 42.0. The number of carbonyl (C=O) groups excluding carboxylic acids is 3. The van der Waals surface area contributed by atoms with Crippen molar-refractivity contribution in [2.75, 3.05) is 37.7 Å². The number of benzene rings is 2. The second-order valence-electron chi connectivity index (χ2n) is 7.79. The Morgan fingerprint density at radius 1 is 1.00 bits per heavy atom. The second kappa shape index (κ2) is 8.79. The summed E-state index contributed by atoms with van der Waals surface area (Å²) >= 11 is 0. The van der Waals surface area contributed by atoms with Crippen molar-refractivity contribution in [2.45, 2.75) is 19.4 Å². The molecule has 4 rings (SSSR count). The lowest BCUT2D eigenvalue weighted by Gasteiger charge is -2.34. The van der Waals surface area contributed by atoms with E-state index in [0.29, 0.717) is 26.2 Å². The third kappa shape index (κ3) is 3.87. The lowest BCUT2D eigenvalue weighted by molar-refractivity contribution is -0.142. The summed E-state index contributed by atoms with van der Waals surface area (Å²) in [5.74, 6) is -2.39. The van der Waals surface area contributed by atoms with E-state index < -0.39 is 23.7 Å². The van der Waals surface area contributed by atoms with E-state index in [1.807, 2.05) is 54.6 Å². The largest absolute Gasteiger partial charge is 0.378 e. The Balaban J connectivity index is 1.71. The van der Waals surface area contributed by atoms with E-state index >= 15 is 0 Å². The van der Waals surface area contributed by atoms with Crippen LogP contribution in [0.15, 0.2) is 54.6 Å². The van der Waals surface area contributed by atoms with Gasteiger partial charge in [-0.3, -0.25) is 14.4 Å². The molecule has 2 aliphatic heterocycles. The normalized spacial score (nSPS) is 21.9. The highest BCUT2D eigenvalue weighted by atomic mass is 16.5. The van der Waals surface area contributed by atoms with Crippen LogP contribution >= 0.6 is 0 Å². The maximum Gasteiger partial charge on any atom is 0.291 e. The van der Waals surface area contributed by atoms with E-state index in [1.165, 1.54) is 6.92 Å². The van der Waals surface area contributed by atoms with Crippen LogP contribution in [0, 0.1) is 5.92 Å². The number of carbonyl (C=O) groups is 3. The van der Waals surface area contributed by atoms with Crippen molar-refractivity contribution in [3.05, 3.63) is 65.7 Å². The van der Waals surface area contributed by atoms with E-state index in [1.54, 1.807) is 4.90 Å². The molecule has 0 N–H and O–H groups in total. The second-order valence-corrected chi connectivity index (χ2v) is 7.79. The van der Waals surface area contributed by atoms with Gasteiger partial charge in [-0.25, -0.2) is 0 Å². The molecule has 1 amide bonds. The SMILES string of the molecule is CC(=O)C1C(=O)C(=O)N(CCc2ccccc2)C1c1ccccc1N1CCOCC1. The van der Waals surface area contributed by atoms with Crippen molar-refractivity contribution in [2.24, 2.45) is 5.92 Å². The van der Waals surface area contributed by atoms with Gasteiger partial charge in [0.15, 0.2) is 0 Å². The maximum atomic E-state index is 12.9. The molecule has 2 aliphatic rings. The van der Waals surface area contributed by atoms with Crippen LogP contribution in [-0.4, -0.2) is 55.2 Å². The van der Waals surface area contributed by atoms with E-state index in [4.69, 9.17) is 4.74 Å². The molecule has 2 saturated heterocycles. The highest BCUT2D eigenvalue weighted by Gasteiger charge is 2.50. The third-order valence-electron chi connectivity index (χ3n) is 5.93. The molecule has 0 spiro atoms. The molecular formula is C24H26N2O4. The molecule has 156 valence electrons. The maximum absolute atomic E-state index is 12.9. The first-order valence-electron chi connectivity index (χ1n) is 10.4. The number of morpholine rings is 1. The van der Waals surface area contributed by atoms with Gasteiger partial charge in [-0.15, -0.1) is 0 Å². The van der Waals surface area contributed by atoms with Gasteiger partial charge in [0.1, 0.15) is 11.7 Å². The smallest absolute Gasteiger partial charge is 0.291 e. The highest BCUT2D eigenvalue weighted by Crippen LogP contribution is 2.41. The molecule has 2 heterocycles. The number of Topliss-reactive ketones (excluding diaryl/α,β-unsaturated/α-hetero) is 2. The van der Waals surface area contributed by atoms with Crippen LogP contribution in [0.25, 0.3) is 0 Å². The van der Waals surface area contributed by atoms with Crippen LogP contribution < -0.4 is 4.90 Å². The molecule has 2 aromatic rings. The predicted molar refractivity (Wildman–Crippen MR) is 113 cm³/mol. The predicted octanol–water partition coefficient (Wildman–Crippen LogP) is 2.42. The lowest BCUT2D eigenvalue weighted by Crippen LogP contribution is -2.38. The molecule has 6 heteroatoms. The molecule has 0 saturated carbocycles. The Morgan fingerprint density at radius 3 is 2.37 bits per heavy atom. The van der Waals surface area contributed by atoms with E-state index in [-0.39, 0.29) is 5.78 Å². The van der Waals surface area contributed by atoms with Crippen LogP contribution in [0.3, 0.4) is 0 Å². The first-order valence-corrected chi connectivity index (χ1v) is 10.4. The van der Waals surface area contributed by atoms with Crippen molar-refractivity contribution in [1.82, 2.24) is 4.90 Å². The van der Waals surface area contributed by atoms with Gasteiger partial charge >= 0.3 is 0 Å². The van der Waals surface area contributed by atoms with Crippen molar-refractivity contribution < 1.29 is 19.1 Å². The first-order chi connectivity index (χ1) is 14.6. The minimum Gasteiger partial charge on any atom is -0.378 e. The highest BCUT2D eigenvalue weighted by molar-refractivity contribution is 6.42. The summed E-state index contributed by atoms with van der Waals surface area (Å²) in [5, 5.41) is 0. The van der Waals surface area contributed by atoms with Crippen molar-refractivity contribution >= 4 is 23.2 Å². The zero-order chi connectivity index (χ0) is 21.1. The topological polar surface area (TPSA) is 66.9 Å². The van der Waals surface area contributed by atoms with Gasteiger partial charge in [0, 0.05) is 25.3 Å². The summed E-state index contributed by atoms with van der Waals surface area (Å²) in [6.07, 6.45) is 0.626. The van der Waals surface area contributed by atoms with Crippen molar-refractivity contribution in [3.8, 4) is 0 Å². The van der Waals surface area contributed by atoms with Gasteiger partial charge in [-0.1, -0.05) is 48.5 Å². The average Bonchev–Trinajstić information content (AvgIpc) is 3.04. The molecule has 30 heavy (non-hydrogen) atoms. The van der Waals surface area contributed by atoms with Crippen LogP contribution in [0.4, 0.5) is 5.69 Å². The third-order valence-corrected chi connectivity index (χ3v) is 5.93. The van der Waals surface area contributed by atoms with Gasteiger partial charge in [-0.05, 0) is 30.5 Å². The van der Waals surface area contributed by atoms with Crippen molar-refractivity contribution in [3.63, 3.8) is 0 Å². The minimum absolute atomic E-state index is 0.266. The van der Waals surface area contributed by atoms with Crippen LogP contribution in [-0.2, 0) is 25.5 Å². The Hall–Kier alpha value is -2.99. The van der Waals surface area contributed by atoms with E-state index in [2.05, 4.69) is 4.90 Å². The zero-order valence-electron chi connectivity index (χ0n) is 17.1. The fourth-order valence-corrected chi connectivity index (χ4v) is 4.44. The van der Waals surface area contributed by atoms with Gasteiger partial charge in [0.05, 0.1) is 19.3 Å². The summed E-state index contributed by atoms with van der Waals surface area (Å²) in [6.45, 7) is 4.53. The monoisotopic (exact) mass is 406 g/mol. The summed E-state index contributed by atoms with van der Waals surface area (Å²) in [5.41, 5.74) is 2.90. The van der Waals surface area contributed by atoms with Gasteiger partial charge in [-0.2, -0.15) is 0 Å². The molecule has 2 atom stereocenters. The first kappa shape index (κ1) is 20.3. The van der Waals surface area contributed by atoms with E-state index in [0.717, 1.165) is 29.9 Å². The number of likely N-dealkylation sites (tertiary alicyclic amines) is 1. The molecule has 0 radical (unpaired) electrons. The number of ketones is 2. The summed E-state index contributed by atoms with van der Waals surface area (Å²) in [7, 11) is 0. The number of hydrogen-bond donors (Lipinski definition) is 0. The zero-order valence-corrected chi connectivity index (χ0v) is 17.1. The molecule has 2 aromatic carbocycles. The van der Waals surface area contributed by atoms with Crippen LogP contribution in [0.1, 0.15) is 24.1 Å². The van der Waals surface area contributed by atoms with Gasteiger partial charge in [0.2, 0.25) is 5.78 Å². The summed E-state index contributed by atoms with van der Waals surface area (Å²) in [6, 6.07) is 17.1. The Bertz CT molecular complexity index is 937. The van der Waals surface area contributed by atoms with Crippen LogP contribution in [0.2, 0.25) is 0 Å². The molecule has 0 bridgehead atoms. The number of ether oxygens (including phenoxy) is 1. The Morgan fingerprint density at radius 2 is 1.67 bits per heavy atom. The summed E-state index contributed by atoms with van der Waals surface area (Å²) < 4.78 is 5.47. The number of nitrogens with zero attached hydrogens (tertiary/aromatic N) is 2. The van der Waals surface area contributed by atoms with E-state index in [9.17, 15) is 14.4 Å². The molecule has 6 nitrogen and oxygen atoms in total.